The molecule has 4 heterocycles. The monoisotopic (exact) mass is 494 g/mol. The maximum atomic E-state index is 2.52. The summed E-state index contributed by atoms with van der Waals surface area (Å²) in [7, 11) is -0.236. The zero-order chi connectivity index (χ0) is 22.4. The van der Waals surface area contributed by atoms with Crippen molar-refractivity contribution in [1.82, 2.24) is 0 Å². The highest BCUT2D eigenvalue weighted by Crippen LogP contribution is 2.83. The number of hydrogen-bond donors (Lipinski definition) is 0. The summed E-state index contributed by atoms with van der Waals surface area (Å²) in [4.78, 5) is 3.50. The van der Waals surface area contributed by atoms with Gasteiger partial charge in [-0.1, -0.05) is 93.8 Å². The summed E-state index contributed by atoms with van der Waals surface area (Å²) >= 11 is 4.25. The van der Waals surface area contributed by atoms with Gasteiger partial charge >= 0.3 is 0 Å². The normalized spacial score (nSPS) is 25.6. The Morgan fingerprint density at radius 3 is 1.38 bits per heavy atom. The second-order valence-electron chi connectivity index (χ2n) is 11.4. The van der Waals surface area contributed by atoms with E-state index in [1.54, 1.807) is 31.7 Å². The van der Waals surface area contributed by atoms with Crippen molar-refractivity contribution in [3.05, 3.63) is 69.4 Å². The van der Waals surface area contributed by atoms with E-state index in [2.05, 4.69) is 113 Å². The van der Waals surface area contributed by atoms with Crippen molar-refractivity contribution in [3.63, 3.8) is 0 Å². The molecule has 0 radical (unpaired) electrons. The zero-order valence-electron chi connectivity index (χ0n) is 19.9. The molecule has 166 valence electrons. The molecule has 4 heteroatoms. The average molecular weight is 495 g/mol. The van der Waals surface area contributed by atoms with Gasteiger partial charge in [-0.05, 0) is 56.7 Å². The highest BCUT2D eigenvalue weighted by molar-refractivity contribution is 7.64. The van der Waals surface area contributed by atoms with Crippen LogP contribution in [-0.2, 0) is 12.3 Å². The quantitative estimate of drug-likeness (QED) is 0.231. The highest BCUT2D eigenvalue weighted by atomic mass is 32.1. The molecule has 2 aliphatic rings. The fourth-order valence-electron chi connectivity index (χ4n) is 5.80. The summed E-state index contributed by atoms with van der Waals surface area (Å²) in [6, 6.07) is 18.4. The van der Waals surface area contributed by atoms with Gasteiger partial charge in [-0.25, -0.2) is 0 Å². The third-order valence-electron chi connectivity index (χ3n) is 7.35. The van der Waals surface area contributed by atoms with Crippen LogP contribution in [0.4, 0.5) is 0 Å². The van der Waals surface area contributed by atoms with Crippen molar-refractivity contribution in [3.8, 4) is 0 Å². The number of benzene rings is 2. The van der Waals surface area contributed by atoms with Crippen LogP contribution in [0.15, 0.2) is 48.5 Å². The van der Waals surface area contributed by atoms with Crippen molar-refractivity contribution in [1.29, 1.82) is 0 Å². The molecule has 2 aromatic heterocycles. The van der Waals surface area contributed by atoms with Crippen LogP contribution < -0.4 is 0 Å². The van der Waals surface area contributed by atoms with Gasteiger partial charge in [-0.3, -0.25) is 0 Å². The van der Waals surface area contributed by atoms with Gasteiger partial charge in [0.05, 0.1) is 0 Å². The molecule has 0 bridgehead atoms. The van der Waals surface area contributed by atoms with Crippen LogP contribution in [0.5, 0.6) is 0 Å². The Balaban J connectivity index is 1.60. The van der Waals surface area contributed by atoms with E-state index in [1.165, 1.54) is 21.7 Å². The van der Waals surface area contributed by atoms with E-state index in [9.17, 15) is 0 Å². The third kappa shape index (κ3) is 3.20. The molecule has 0 saturated carbocycles. The highest BCUT2D eigenvalue weighted by Gasteiger charge is 2.52. The number of hydrogen-bond acceptors (Lipinski definition) is 2. The van der Waals surface area contributed by atoms with Gasteiger partial charge in [0.2, 0.25) is 0 Å². The Labute approximate surface area is 202 Å². The molecule has 0 saturated heterocycles. The van der Waals surface area contributed by atoms with Gasteiger partial charge in [-0.2, -0.15) is 0 Å². The predicted octanol–water partition coefficient (Wildman–Crippen LogP) is 10.5. The lowest BCUT2D eigenvalue weighted by atomic mass is 10.1. The molecule has 4 atom stereocenters. The first-order chi connectivity index (χ1) is 15.1. The smallest absolute Gasteiger partial charge is 0.0348 e. The second kappa shape index (κ2) is 7.36. The third-order valence-corrected chi connectivity index (χ3v) is 17.7. The topological polar surface area (TPSA) is 0 Å². The number of thiophene rings is 2. The minimum Gasteiger partial charge on any atom is -0.139 e. The Morgan fingerprint density at radius 2 is 1.00 bits per heavy atom. The molecular formula is C28H32P2S2. The molecular weight excluding hydrogens is 462 g/mol. The van der Waals surface area contributed by atoms with Gasteiger partial charge in [0.15, 0.2) is 0 Å². The van der Waals surface area contributed by atoms with Crippen molar-refractivity contribution in [2.45, 2.75) is 75.5 Å². The van der Waals surface area contributed by atoms with E-state index < -0.39 is 0 Å². The second-order valence-corrected chi connectivity index (χ2v) is 19.8. The lowest BCUT2D eigenvalue weighted by Crippen LogP contribution is -2.20. The van der Waals surface area contributed by atoms with E-state index in [0.29, 0.717) is 10.3 Å². The SMILES string of the molecule is CC(C)(C)[P@]1Cc2c(sc3ccccc23)[C@@H]1[C@H]1c2sc3ccccc3c2C[P@@]1C(C)(C)C. The molecule has 0 unspecified atom stereocenters. The fraction of sp³-hybridized carbons (Fsp3) is 0.429. The first kappa shape index (κ1) is 21.7. The zero-order valence-corrected chi connectivity index (χ0v) is 23.3. The van der Waals surface area contributed by atoms with Crippen LogP contribution in [0.2, 0.25) is 0 Å². The Hall–Kier alpha value is -0.780. The maximum absolute atomic E-state index is 2.52. The Morgan fingerprint density at radius 1 is 0.625 bits per heavy atom. The van der Waals surface area contributed by atoms with Gasteiger partial charge in [0, 0.05) is 30.5 Å². The number of fused-ring (bicyclic) bond motifs is 6. The van der Waals surface area contributed by atoms with Gasteiger partial charge in [-0.15, -0.1) is 22.7 Å². The van der Waals surface area contributed by atoms with Gasteiger partial charge in [0.25, 0.3) is 0 Å². The minimum atomic E-state index is -0.118. The van der Waals surface area contributed by atoms with E-state index in [-0.39, 0.29) is 15.8 Å². The van der Waals surface area contributed by atoms with E-state index in [1.807, 2.05) is 0 Å². The summed E-state index contributed by atoms with van der Waals surface area (Å²) in [5, 5.41) is 3.83. The molecule has 0 amide bonds. The largest absolute Gasteiger partial charge is 0.139 e. The first-order valence-electron chi connectivity index (χ1n) is 11.7. The molecule has 2 aliphatic heterocycles. The summed E-state index contributed by atoms with van der Waals surface area (Å²) in [5.41, 5.74) is 4.85. The molecule has 2 aromatic carbocycles. The lowest BCUT2D eigenvalue weighted by Gasteiger charge is -2.42. The van der Waals surface area contributed by atoms with Crippen LogP contribution in [0.25, 0.3) is 20.2 Å². The predicted molar refractivity (Wildman–Crippen MR) is 150 cm³/mol. The summed E-state index contributed by atoms with van der Waals surface area (Å²) < 4.78 is 3.00. The summed E-state index contributed by atoms with van der Waals surface area (Å²) in [5.74, 6) is 0. The molecule has 4 aromatic rings. The average Bonchev–Trinajstić information content (AvgIpc) is 3.43. The maximum Gasteiger partial charge on any atom is 0.0348 e. The molecule has 0 N–H and O–H groups in total. The summed E-state index contributed by atoms with van der Waals surface area (Å²) in [6.45, 7) is 15.1. The van der Waals surface area contributed by atoms with Gasteiger partial charge < -0.3 is 0 Å². The number of rotatable bonds is 1. The molecule has 0 aliphatic carbocycles. The molecule has 0 spiro atoms. The fourth-order valence-corrected chi connectivity index (χ4v) is 17.0. The minimum absolute atomic E-state index is 0.118. The molecule has 0 nitrogen and oxygen atoms in total. The first-order valence-corrected chi connectivity index (χ1v) is 16.5. The van der Waals surface area contributed by atoms with Crippen molar-refractivity contribution in [2.24, 2.45) is 0 Å². The molecule has 6 rings (SSSR count). The van der Waals surface area contributed by atoms with Crippen LogP contribution in [-0.4, -0.2) is 10.3 Å². The molecule has 32 heavy (non-hydrogen) atoms. The van der Waals surface area contributed by atoms with Crippen molar-refractivity contribution < 1.29 is 0 Å². The van der Waals surface area contributed by atoms with Crippen LogP contribution in [0, 0.1) is 0 Å². The van der Waals surface area contributed by atoms with Crippen molar-refractivity contribution >= 4 is 58.7 Å². The van der Waals surface area contributed by atoms with E-state index in [4.69, 9.17) is 0 Å². The van der Waals surface area contributed by atoms with E-state index in [0.717, 1.165) is 11.3 Å². The van der Waals surface area contributed by atoms with Gasteiger partial charge in [0.1, 0.15) is 0 Å². The summed E-state index contributed by atoms with van der Waals surface area (Å²) in [6.07, 6.45) is 2.62. The Kier molecular flexibility index (Phi) is 5.00. The van der Waals surface area contributed by atoms with E-state index >= 15 is 0 Å². The van der Waals surface area contributed by atoms with Crippen LogP contribution >= 0.6 is 38.5 Å². The lowest BCUT2D eigenvalue weighted by molar-refractivity contribution is 0.741. The van der Waals surface area contributed by atoms with Crippen molar-refractivity contribution in [2.75, 3.05) is 0 Å². The van der Waals surface area contributed by atoms with Crippen LogP contribution in [0.1, 0.15) is 73.7 Å². The van der Waals surface area contributed by atoms with Crippen LogP contribution in [0.3, 0.4) is 0 Å². The molecule has 0 fully saturated rings. The standard InChI is InChI=1S/C28H32P2S2/c1-27(2,3)29-15-19-17-11-7-9-13-21(17)31-25(19)23(29)24-26-20(16-30(24)28(4,5)6)18-12-8-10-14-22(18)32-26/h7-14,23-24H,15-16H2,1-6H3/t23-,24-,29+,30+/m0/s1. The Bertz CT molecular complexity index is 1230.